The van der Waals surface area contributed by atoms with Gasteiger partial charge in [0.25, 0.3) is 0 Å². The summed E-state index contributed by atoms with van der Waals surface area (Å²) in [5.74, 6) is 0.363. The molecule has 0 aliphatic carbocycles. The number of benzene rings is 2. The van der Waals surface area contributed by atoms with Crippen LogP contribution in [0.25, 0.3) is 0 Å². The molecule has 0 aliphatic heterocycles. The number of likely N-dealkylation sites (N-methyl/N-ethyl adjacent to an activating group) is 1. The third kappa shape index (κ3) is 3.40. The van der Waals surface area contributed by atoms with Crippen LogP contribution in [0.3, 0.4) is 0 Å². The molecule has 2 aromatic rings. The Bertz CT molecular complexity index is 549. The van der Waals surface area contributed by atoms with E-state index in [9.17, 15) is 0 Å². The van der Waals surface area contributed by atoms with Gasteiger partial charge in [-0.3, -0.25) is 0 Å². The van der Waals surface area contributed by atoms with Crippen LogP contribution in [0, 0.1) is 13.8 Å². The second-order valence-corrected chi connectivity index (χ2v) is 5.51. The molecule has 106 valence electrons. The number of nitrogens with zero attached hydrogens (tertiary/aromatic N) is 1. The molecule has 1 atom stereocenters. The van der Waals surface area contributed by atoms with Crippen LogP contribution in [0.5, 0.6) is 0 Å². The minimum Gasteiger partial charge on any atom is -0.374 e. The Labute approximate surface area is 122 Å². The summed E-state index contributed by atoms with van der Waals surface area (Å²) < 4.78 is 0. The van der Waals surface area contributed by atoms with Crippen molar-refractivity contribution in [3.8, 4) is 0 Å². The van der Waals surface area contributed by atoms with Crippen molar-refractivity contribution in [2.45, 2.75) is 19.8 Å². The fraction of sp³-hybridized carbons (Fsp3) is 0.333. The Morgan fingerprint density at radius 1 is 1.05 bits per heavy atom. The number of anilines is 1. The molecule has 0 bridgehead atoms. The van der Waals surface area contributed by atoms with Crippen molar-refractivity contribution in [3.05, 3.63) is 65.2 Å². The summed E-state index contributed by atoms with van der Waals surface area (Å²) in [6.45, 7) is 5.89. The van der Waals surface area contributed by atoms with Gasteiger partial charge in [0.15, 0.2) is 0 Å². The summed E-state index contributed by atoms with van der Waals surface area (Å²) >= 11 is 0. The van der Waals surface area contributed by atoms with Crippen molar-refractivity contribution >= 4 is 5.69 Å². The molecule has 0 aromatic heterocycles. The van der Waals surface area contributed by atoms with Crippen molar-refractivity contribution in [2.75, 3.05) is 25.0 Å². The van der Waals surface area contributed by atoms with Gasteiger partial charge in [0, 0.05) is 31.7 Å². The molecular weight excluding hydrogens is 244 g/mol. The van der Waals surface area contributed by atoms with Crippen LogP contribution in [-0.4, -0.2) is 20.1 Å². The predicted octanol–water partition coefficient (Wildman–Crippen LogP) is 3.48. The van der Waals surface area contributed by atoms with Gasteiger partial charge < -0.3 is 10.6 Å². The summed E-state index contributed by atoms with van der Waals surface area (Å²) in [6.07, 6.45) is 0. The van der Waals surface area contributed by atoms with E-state index in [1.165, 1.54) is 22.4 Å². The zero-order valence-corrected chi connectivity index (χ0v) is 12.6. The van der Waals surface area contributed by atoms with Crippen molar-refractivity contribution < 1.29 is 0 Å². The average molecular weight is 268 g/mol. The van der Waals surface area contributed by atoms with E-state index >= 15 is 0 Å². The van der Waals surface area contributed by atoms with Crippen LogP contribution in [0.15, 0.2) is 48.5 Å². The second kappa shape index (κ2) is 6.58. The van der Waals surface area contributed by atoms with E-state index in [0.717, 1.165) is 6.54 Å². The van der Waals surface area contributed by atoms with Crippen molar-refractivity contribution in [3.63, 3.8) is 0 Å². The van der Waals surface area contributed by atoms with Gasteiger partial charge >= 0.3 is 0 Å². The molecule has 2 heteroatoms. The second-order valence-electron chi connectivity index (χ2n) is 5.51. The number of hydrogen-bond acceptors (Lipinski definition) is 2. The van der Waals surface area contributed by atoms with Crippen LogP contribution < -0.4 is 10.6 Å². The number of rotatable bonds is 5. The normalized spacial score (nSPS) is 12.2. The van der Waals surface area contributed by atoms with Gasteiger partial charge in [-0.15, -0.1) is 0 Å². The first kappa shape index (κ1) is 14.6. The summed E-state index contributed by atoms with van der Waals surface area (Å²) in [7, 11) is 2.14. The highest BCUT2D eigenvalue weighted by Gasteiger charge is 2.13. The van der Waals surface area contributed by atoms with Crippen molar-refractivity contribution in [2.24, 2.45) is 5.73 Å². The fourth-order valence-corrected chi connectivity index (χ4v) is 2.70. The fourth-order valence-electron chi connectivity index (χ4n) is 2.70. The molecule has 1 unspecified atom stereocenters. The smallest absolute Gasteiger partial charge is 0.0393 e. The average Bonchev–Trinajstić information content (AvgIpc) is 2.45. The molecule has 0 aliphatic rings. The molecule has 2 rings (SSSR count). The maximum atomic E-state index is 5.97. The number of nitrogens with two attached hydrogens (primary N) is 1. The van der Waals surface area contributed by atoms with Gasteiger partial charge in [0.05, 0.1) is 0 Å². The quantitative estimate of drug-likeness (QED) is 0.899. The van der Waals surface area contributed by atoms with Gasteiger partial charge in [0.2, 0.25) is 0 Å². The van der Waals surface area contributed by atoms with Crippen LogP contribution in [0.4, 0.5) is 5.69 Å². The highest BCUT2D eigenvalue weighted by atomic mass is 15.1. The maximum Gasteiger partial charge on any atom is 0.0393 e. The van der Waals surface area contributed by atoms with E-state index in [-0.39, 0.29) is 0 Å². The molecule has 0 saturated carbocycles. The predicted molar refractivity (Wildman–Crippen MR) is 87.4 cm³/mol. The van der Waals surface area contributed by atoms with E-state index in [1.54, 1.807) is 0 Å². The lowest BCUT2D eigenvalue weighted by Crippen LogP contribution is -2.29. The van der Waals surface area contributed by atoms with Crippen LogP contribution in [0.2, 0.25) is 0 Å². The van der Waals surface area contributed by atoms with Gasteiger partial charge in [-0.2, -0.15) is 0 Å². The highest BCUT2D eigenvalue weighted by molar-refractivity contribution is 5.54. The van der Waals surface area contributed by atoms with Gasteiger partial charge in [0.1, 0.15) is 0 Å². The molecule has 0 saturated heterocycles. The Morgan fingerprint density at radius 2 is 1.75 bits per heavy atom. The van der Waals surface area contributed by atoms with E-state index < -0.39 is 0 Å². The summed E-state index contributed by atoms with van der Waals surface area (Å²) in [5.41, 5.74) is 11.2. The van der Waals surface area contributed by atoms with Gasteiger partial charge in [-0.05, 0) is 31.0 Å². The van der Waals surface area contributed by atoms with E-state index in [0.29, 0.717) is 12.5 Å². The molecule has 20 heavy (non-hydrogen) atoms. The van der Waals surface area contributed by atoms with E-state index in [4.69, 9.17) is 5.73 Å². The molecule has 0 spiro atoms. The zero-order valence-electron chi connectivity index (χ0n) is 12.6. The third-order valence-electron chi connectivity index (χ3n) is 3.81. The van der Waals surface area contributed by atoms with E-state index in [2.05, 4.69) is 68.3 Å². The third-order valence-corrected chi connectivity index (χ3v) is 3.81. The molecule has 2 nitrogen and oxygen atoms in total. The minimum atomic E-state index is 0.363. The summed E-state index contributed by atoms with van der Waals surface area (Å²) in [6, 6.07) is 17.1. The lowest BCUT2D eigenvalue weighted by atomic mass is 9.98. The topological polar surface area (TPSA) is 29.3 Å². The molecular formula is C18H24N2. The Morgan fingerprint density at radius 3 is 2.35 bits per heavy atom. The van der Waals surface area contributed by atoms with Crippen molar-refractivity contribution in [1.29, 1.82) is 0 Å². The van der Waals surface area contributed by atoms with Crippen LogP contribution >= 0.6 is 0 Å². The summed E-state index contributed by atoms with van der Waals surface area (Å²) in [4.78, 5) is 2.30. The Kier molecular flexibility index (Phi) is 4.80. The SMILES string of the molecule is Cc1ccc(N(C)CC(CN)c2ccccc2)c(C)c1. The summed E-state index contributed by atoms with van der Waals surface area (Å²) in [5, 5.41) is 0. The highest BCUT2D eigenvalue weighted by Crippen LogP contribution is 2.23. The minimum absolute atomic E-state index is 0.363. The van der Waals surface area contributed by atoms with Crippen LogP contribution in [0.1, 0.15) is 22.6 Å². The first-order chi connectivity index (χ1) is 9.61. The number of aryl methyl sites for hydroxylation is 2. The lowest BCUT2D eigenvalue weighted by molar-refractivity contribution is 0.680. The molecule has 0 fully saturated rings. The Balaban J connectivity index is 2.15. The standard InChI is InChI=1S/C18H24N2/c1-14-9-10-18(15(2)11-14)20(3)13-17(12-19)16-7-5-4-6-8-16/h4-11,17H,12-13,19H2,1-3H3. The van der Waals surface area contributed by atoms with Crippen molar-refractivity contribution in [1.82, 2.24) is 0 Å². The van der Waals surface area contributed by atoms with Gasteiger partial charge in [-0.1, -0.05) is 48.0 Å². The zero-order chi connectivity index (χ0) is 14.5. The lowest BCUT2D eigenvalue weighted by Gasteiger charge is -2.27. The Hall–Kier alpha value is -1.80. The van der Waals surface area contributed by atoms with Crippen LogP contribution in [-0.2, 0) is 0 Å². The molecule has 2 N–H and O–H groups in total. The first-order valence-corrected chi connectivity index (χ1v) is 7.15. The maximum absolute atomic E-state index is 5.97. The molecule has 0 heterocycles. The molecule has 0 amide bonds. The first-order valence-electron chi connectivity index (χ1n) is 7.15. The monoisotopic (exact) mass is 268 g/mol. The van der Waals surface area contributed by atoms with E-state index in [1.807, 2.05) is 6.07 Å². The molecule has 2 aromatic carbocycles. The van der Waals surface area contributed by atoms with Gasteiger partial charge in [-0.25, -0.2) is 0 Å². The number of hydrogen-bond donors (Lipinski definition) is 1. The largest absolute Gasteiger partial charge is 0.374 e. The molecule has 0 radical (unpaired) electrons.